The molecular formula is C34H34FN5O3. The molecule has 8 rings (SSSR count). The molecule has 3 fully saturated rings. The molecule has 9 heteroatoms. The number of hydrogen-bond donors (Lipinski definition) is 2. The van der Waals surface area contributed by atoms with E-state index in [1.54, 1.807) is 19.2 Å². The molecular weight excluding hydrogens is 545 g/mol. The number of imidazole rings is 1. The van der Waals surface area contributed by atoms with Crippen molar-refractivity contribution < 1.29 is 19.0 Å². The predicted octanol–water partition coefficient (Wildman–Crippen LogP) is 5.69. The van der Waals surface area contributed by atoms with Crippen LogP contribution in [0.5, 0.6) is 11.5 Å². The summed E-state index contributed by atoms with van der Waals surface area (Å²) in [4.78, 5) is 20.7. The van der Waals surface area contributed by atoms with E-state index in [-0.39, 0.29) is 23.7 Å². The van der Waals surface area contributed by atoms with Crippen LogP contribution in [0, 0.1) is 17.7 Å². The van der Waals surface area contributed by atoms with E-state index in [2.05, 4.69) is 10.6 Å². The monoisotopic (exact) mass is 579 g/mol. The van der Waals surface area contributed by atoms with Crippen LogP contribution >= 0.6 is 0 Å². The van der Waals surface area contributed by atoms with Crippen molar-refractivity contribution in [1.29, 1.82) is 0 Å². The van der Waals surface area contributed by atoms with Gasteiger partial charge in [-0.3, -0.25) is 4.79 Å². The maximum atomic E-state index is 14.9. The molecule has 2 unspecified atom stereocenters. The van der Waals surface area contributed by atoms with E-state index in [9.17, 15) is 14.3 Å². The quantitative estimate of drug-likeness (QED) is 0.270. The number of nitrogens with two attached hydrogens (primary N) is 1. The molecule has 8 nitrogen and oxygen atoms in total. The Labute approximate surface area is 248 Å². The van der Waals surface area contributed by atoms with E-state index >= 15 is 0 Å². The number of methoxy groups -OCH3 is 1. The Morgan fingerprint density at radius 2 is 1.95 bits per heavy atom. The Morgan fingerprint density at radius 1 is 1.12 bits per heavy atom. The van der Waals surface area contributed by atoms with Crippen molar-refractivity contribution >= 4 is 27.8 Å². The van der Waals surface area contributed by atoms with Gasteiger partial charge in [-0.2, -0.15) is 0 Å². The second-order valence-corrected chi connectivity index (χ2v) is 12.5. The van der Waals surface area contributed by atoms with Gasteiger partial charge in [-0.05, 0) is 73.4 Å². The summed E-state index contributed by atoms with van der Waals surface area (Å²) in [6, 6.07) is 16.5. The van der Waals surface area contributed by atoms with E-state index in [0.29, 0.717) is 46.3 Å². The number of hydrogen-bond acceptors (Lipinski definition) is 5. The SMILES string of the molecule is COc1cc(C(=O)N2CC3CCC2[C@@H]3N)cc2nc(-c3cc4ccc(-c5cccc(O)c5F)cc4n3CC3CC3)n(C)c12. The number of amides is 1. The standard InChI is InChI=1S/C34H34FN5O3/c1-38-32-24(12-22(15-29(32)43-2)34(42)40-17-21-10-11-25(40)31(21)36)37-33(38)27-14-20-9-8-19(23-4-3-5-28(41)30(23)35)13-26(20)39(27)16-18-6-7-18/h3-5,8-9,12-15,18,21,25,31,41H,6-7,10-11,16-17,36H2,1-2H3/t21?,25?,31-/m1/s1. The van der Waals surface area contributed by atoms with Crippen LogP contribution in [-0.4, -0.2) is 55.8 Å². The number of aromatic hydroxyl groups is 1. The lowest BCUT2D eigenvalue weighted by atomic mass is 10.0. The van der Waals surface area contributed by atoms with Gasteiger partial charge in [-0.1, -0.05) is 24.3 Å². The van der Waals surface area contributed by atoms with Crippen LogP contribution in [-0.2, 0) is 13.6 Å². The van der Waals surface area contributed by atoms with Gasteiger partial charge in [0.15, 0.2) is 17.4 Å². The highest BCUT2D eigenvalue weighted by Gasteiger charge is 2.47. The van der Waals surface area contributed by atoms with Crippen molar-refractivity contribution in [2.45, 2.75) is 44.3 Å². The molecule has 2 aliphatic carbocycles. The minimum atomic E-state index is -0.626. The van der Waals surface area contributed by atoms with Crippen molar-refractivity contribution in [2.75, 3.05) is 13.7 Å². The molecule has 3 N–H and O–H groups in total. The summed E-state index contributed by atoms with van der Waals surface area (Å²) in [6.45, 7) is 1.53. The van der Waals surface area contributed by atoms with Gasteiger partial charge < -0.3 is 29.6 Å². The van der Waals surface area contributed by atoms with Crippen molar-refractivity contribution in [1.82, 2.24) is 19.0 Å². The van der Waals surface area contributed by atoms with Gasteiger partial charge in [-0.15, -0.1) is 0 Å². The molecule has 3 aliphatic rings. The molecule has 5 aromatic rings. The van der Waals surface area contributed by atoms with Crippen LogP contribution in [0.25, 0.3) is 44.6 Å². The molecule has 0 spiro atoms. The van der Waals surface area contributed by atoms with Crippen molar-refractivity contribution in [3.05, 3.63) is 66.0 Å². The first-order valence-electron chi connectivity index (χ1n) is 15.0. The zero-order valence-electron chi connectivity index (χ0n) is 24.3. The number of phenolic OH excluding ortho intramolecular Hbond substituents is 1. The molecule has 3 heterocycles. The Hall–Kier alpha value is -4.37. The Morgan fingerprint density at radius 3 is 2.67 bits per heavy atom. The fourth-order valence-electron chi connectivity index (χ4n) is 7.37. The van der Waals surface area contributed by atoms with Gasteiger partial charge in [0.05, 0.1) is 18.3 Å². The molecule has 2 aromatic heterocycles. The second kappa shape index (κ2) is 9.57. The molecule has 3 aromatic carbocycles. The zero-order chi connectivity index (χ0) is 29.6. The second-order valence-electron chi connectivity index (χ2n) is 12.5. The van der Waals surface area contributed by atoms with Gasteiger partial charge >= 0.3 is 0 Å². The minimum Gasteiger partial charge on any atom is -0.505 e. The van der Waals surface area contributed by atoms with Gasteiger partial charge in [0.1, 0.15) is 11.3 Å². The number of benzene rings is 3. The lowest BCUT2D eigenvalue weighted by Crippen LogP contribution is -2.41. The summed E-state index contributed by atoms with van der Waals surface area (Å²) in [5.41, 5.74) is 11.5. The molecule has 43 heavy (non-hydrogen) atoms. The average molecular weight is 580 g/mol. The first-order valence-corrected chi connectivity index (χ1v) is 15.0. The summed E-state index contributed by atoms with van der Waals surface area (Å²) in [7, 11) is 3.59. The number of fused-ring (bicyclic) bond motifs is 4. The van der Waals surface area contributed by atoms with E-state index in [0.717, 1.165) is 47.3 Å². The lowest BCUT2D eigenvalue weighted by molar-refractivity contribution is 0.0700. The third kappa shape index (κ3) is 4.05. The number of likely N-dealkylation sites (tertiary alicyclic amines) is 1. The van der Waals surface area contributed by atoms with E-state index in [1.807, 2.05) is 46.8 Å². The molecule has 220 valence electrons. The summed E-state index contributed by atoms with van der Waals surface area (Å²) in [5, 5.41) is 11.0. The third-order valence-corrected chi connectivity index (χ3v) is 9.88. The molecule has 2 bridgehead atoms. The van der Waals surface area contributed by atoms with E-state index in [1.165, 1.54) is 18.9 Å². The summed E-state index contributed by atoms with van der Waals surface area (Å²) >= 11 is 0. The van der Waals surface area contributed by atoms with Gasteiger partial charge in [0.25, 0.3) is 5.91 Å². The number of nitrogens with zero attached hydrogens (tertiary/aromatic N) is 4. The highest BCUT2D eigenvalue weighted by Crippen LogP contribution is 2.41. The van der Waals surface area contributed by atoms with Gasteiger partial charge in [-0.25, -0.2) is 9.37 Å². The van der Waals surface area contributed by atoms with Crippen molar-refractivity contribution in [3.63, 3.8) is 0 Å². The van der Waals surface area contributed by atoms with Crippen LogP contribution < -0.4 is 10.5 Å². The molecule has 0 radical (unpaired) electrons. The number of carbonyl (C=O) groups excluding carboxylic acids is 1. The highest BCUT2D eigenvalue weighted by atomic mass is 19.1. The first kappa shape index (κ1) is 26.3. The van der Waals surface area contributed by atoms with Crippen LogP contribution in [0.15, 0.2) is 54.6 Å². The number of aromatic nitrogens is 3. The fourth-order valence-corrected chi connectivity index (χ4v) is 7.37. The largest absolute Gasteiger partial charge is 0.505 e. The first-order chi connectivity index (χ1) is 20.8. The average Bonchev–Trinajstić information content (AvgIpc) is 3.42. The molecule has 1 amide bonds. The number of aryl methyl sites for hydroxylation is 1. The number of ether oxygens (including phenoxy) is 1. The molecule has 3 atom stereocenters. The zero-order valence-corrected chi connectivity index (χ0v) is 24.3. The number of carbonyl (C=O) groups is 1. The molecule has 1 saturated heterocycles. The Bertz CT molecular complexity index is 1940. The Balaban J connectivity index is 1.25. The number of phenols is 1. The minimum absolute atomic E-state index is 0.0235. The maximum Gasteiger partial charge on any atom is 0.254 e. The van der Waals surface area contributed by atoms with Gasteiger partial charge in [0, 0.05) is 54.3 Å². The smallest absolute Gasteiger partial charge is 0.254 e. The lowest BCUT2D eigenvalue weighted by Gasteiger charge is -2.27. The molecule has 1 aliphatic heterocycles. The normalized spacial score (nSPS) is 21.4. The molecule has 2 saturated carbocycles. The van der Waals surface area contributed by atoms with Crippen molar-refractivity contribution in [3.8, 4) is 34.1 Å². The number of halogens is 1. The third-order valence-electron chi connectivity index (χ3n) is 9.88. The van der Waals surface area contributed by atoms with E-state index in [4.69, 9.17) is 15.5 Å². The highest BCUT2D eigenvalue weighted by molar-refractivity contribution is 6.00. The van der Waals surface area contributed by atoms with Crippen LogP contribution in [0.4, 0.5) is 4.39 Å². The van der Waals surface area contributed by atoms with Gasteiger partial charge in [0.2, 0.25) is 0 Å². The fraction of sp³-hybridized carbons (Fsp3) is 0.353. The van der Waals surface area contributed by atoms with Crippen molar-refractivity contribution in [2.24, 2.45) is 24.6 Å². The number of rotatable bonds is 6. The number of piperidine rings is 1. The predicted molar refractivity (Wildman–Crippen MR) is 164 cm³/mol. The topological polar surface area (TPSA) is 98.5 Å². The van der Waals surface area contributed by atoms with Crippen LogP contribution in [0.1, 0.15) is 36.0 Å². The maximum absolute atomic E-state index is 14.9. The summed E-state index contributed by atoms with van der Waals surface area (Å²) < 4.78 is 25.0. The van der Waals surface area contributed by atoms with E-state index < -0.39 is 5.82 Å². The summed E-state index contributed by atoms with van der Waals surface area (Å²) in [6.07, 6.45) is 4.38. The Kier molecular flexibility index (Phi) is 5.85. The summed E-state index contributed by atoms with van der Waals surface area (Å²) in [5.74, 6) is 1.30. The van der Waals surface area contributed by atoms with Crippen LogP contribution in [0.3, 0.4) is 0 Å². The van der Waals surface area contributed by atoms with Crippen LogP contribution in [0.2, 0.25) is 0 Å².